The minimum Gasteiger partial charge on any atom is -0.489 e. The molecule has 150 valence electrons. The molecular weight excluding hydrogens is 467 g/mol. The third kappa shape index (κ3) is 7.69. The summed E-state index contributed by atoms with van der Waals surface area (Å²) in [6.45, 7) is 6.37. The summed E-state index contributed by atoms with van der Waals surface area (Å²) in [6, 6.07) is 3.22. The molecule has 2 N–H and O–H groups in total. The lowest BCUT2D eigenvalue weighted by Gasteiger charge is -2.14. The number of guanidine groups is 1. The van der Waals surface area contributed by atoms with Crippen LogP contribution in [0.15, 0.2) is 35.6 Å². The van der Waals surface area contributed by atoms with Gasteiger partial charge in [0.05, 0.1) is 13.1 Å². The van der Waals surface area contributed by atoms with E-state index in [4.69, 9.17) is 4.74 Å². The Labute approximate surface area is 175 Å². The van der Waals surface area contributed by atoms with Crippen LogP contribution < -0.4 is 15.4 Å². The molecule has 0 fully saturated rings. The fourth-order valence-corrected chi connectivity index (χ4v) is 2.37. The van der Waals surface area contributed by atoms with Gasteiger partial charge in [0.15, 0.2) is 17.5 Å². The standard InChI is InChI=1S/C18H25F2N5O.HI/c1-13(2)12-25-8-6-22-17(25)11-24-18(21-3)23-7-9-26-16-5-4-14(19)10-15(16)20;/h4-6,8,10,13H,7,9,11-12H2,1-3H3,(H2,21,23,24);1H. The number of hydrogen-bond donors (Lipinski definition) is 2. The highest BCUT2D eigenvalue weighted by molar-refractivity contribution is 14.0. The van der Waals surface area contributed by atoms with Crippen LogP contribution >= 0.6 is 24.0 Å². The van der Waals surface area contributed by atoms with E-state index in [1.54, 1.807) is 13.2 Å². The van der Waals surface area contributed by atoms with E-state index in [1.165, 1.54) is 6.07 Å². The Morgan fingerprint density at radius 3 is 2.74 bits per heavy atom. The van der Waals surface area contributed by atoms with Crippen molar-refractivity contribution in [3.05, 3.63) is 48.1 Å². The highest BCUT2D eigenvalue weighted by atomic mass is 127. The van der Waals surface area contributed by atoms with Crippen molar-refractivity contribution in [2.75, 3.05) is 20.2 Å². The molecule has 2 aromatic rings. The Kier molecular flexibility index (Phi) is 10.0. The molecule has 0 saturated carbocycles. The Bertz CT molecular complexity index is 736. The number of ether oxygens (including phenoxy) is 1. The van der Waals surface area contributed by atoms with Crippen LogP contribution in [-0.2, 0) is 13.1 Å². The van der Waals surface area contributed by atoms with Crippen LogP contribution in [0, 0.1) is 17.6 Å². The summed E-state index contributed by atoms with van der Waals surface area (Å²) < 4.78 is 33.7. The minimum absolute atomic E-state index is 0. The van der Waals surface area contributed by atoms with E-state index < -0.39 is 11.6 Å². The van der Waals surface area contributed by atoms with E-state index in [0.29, 0.717) is 25.0 Å². The van der Waals surface area contributed by atoms with E-state index in [1.807, 2.05) is 6.20 Å². The number of aliphatic imine (C=N–C) groups is 1. The van der Waals surface area contributed by atoms with Crippen LogP contribution in [0.25, 0.3) is 0 Å². The second-order valence-corrected chi connectivity index (χ2v) is 6.17. The monoisotopic (exact) mass is 493 g/mol. The molecule has 0 saturated heterocycles. The topological polar surface area (TPSA) is 63.5 Å². The zero-order chi connectivity index (χ0) is 18.9. The SMILES string of the molecule is CN=C(NCCOc1ccc(F)cc1F)NCc1nccn1CC(C)C.I. The van der Waals surface area contributed by atoms with Gasteiger partial charge in [0.25, 0.3) is 0 Å². The summed E-state index contributed by atoms with van der Waals surface area (Å²) in [6.07, 6.45) is 3.74. The molecule has 27 heavy (non-hydrogen) atoms. The second kappa shape index (κ2) is 11.7. The van der Waals surface area contributed by atoms with Gasteiger partial charge < -0.3 is 19.9 Å². The van der Waals surface area contributed by atoms with Crippen LogP contribution in [-0.4, -0.2) is 35.7 Å². The number of halogens is 3. The predicted molar refractivity (Wildman–Crippen MR) is 113 cm³/mol. The molecule has 0 radical (unpaired) electrons. The predicted octanol–water partition coefficient (Wildman–Crippen LogP) is 3.18. The molecule has 6 nitrogen and oxygen atoms in total. The Hall–Kier alpha value is -1.91. The fourth-order valence-electron chi connectivity index (χ4n) is 2.37. The van der Waals surface area contributed by atoms with Crippen molar-refractivity contribution in [1.29, 1.82) is 0 Å². The summed E-state index contributed by atoms with van der Waals surface area (Å²) >= 11 is 0. The number of imidazole rings is 1. The smallest absolute Gasteiger partial charge is 0.191 e. The number of hydrogen-bond acceptors (Lipinski definition) is 3. The molecule has 2 rings (SSSR count). The van der Waals surface area contributed by atoms with Crippen LogP contribution in [0.3, 0.4) is 0 Å². The van der Waals surface area contributed by atoms with Gasteiger partial charge in [0.1, 0.15) is 18.2 Å². The number of aromatic nitrogens is 2. The Morgan fingerprint density at radius 1 is 1.30 bits per heavy atom. The summed E-state index contributed by atoms with van der Waals surface area (Å²) in [5.41, 5.74) is 0. The Morgan fingerprint density at radius 2 is 2.07 bits per heavy atom. The molecule has 1 aromatic heterocycles. The first-order valence-corrected chi connectivity index (χ1v) is 8.52. The molecule has 0 amide bonds. The average Bonchev–Trinajstić information content (AvgIpc) is 3.02. The molecule has 0 atom stereocenters. The first-order chi connectivity index (χ1) is 12.5. The van der Waals surface area contributed by atoms with Crippen LogP contribution in [0.2, 0.25) is 0 Å². The third-order valence-corrected chi connectivity index (χ3v) is 3.55. The van der Waals surface area contributed by atoms with E-state index in [9.17, 15) is 8.78 Å². The van der Waals surface area contributed by atoms with Crippen molar-refractivity contribution < 1.29 is 13.5 Å². The van der Waals surface area contributed by atoms with Crippen LogP contribution in [0.5, 0.6) is 5.75 Å². The molecule has 0 aliphatic heterocycles. The van der Waals surface area contributed by atoms with Gasteiger partial charge in [-0.15, -0.1) is 24.0 Å². The summed E-state index contributed by atoms with van der Waals surface area (Å²) in [5.74, 6) is 0.715. The first kappa shape index (κ1) is 23.1. The highest BCUT2D eigenvalue weighted by Gasteiger charge is 2.07. The third-order valence-electron chi connectivity index (χ3n) is 3.55. The van der Waals surface area contributed by atoms with Gasteiger partial charge in [-0.2, -0.15) is 0 Å². The first-order valence-electron chi connectivity index (χ1n) is 8.52. The van der Waals surface area contributed by atoms with Crippen LogP contribution in [0.1, 0.15) is 19.7 Å². The number of nitrogens with zero attached hydrogens (tertiary/aromatic N) is 3. The van der Waals surface area contributed by atoms with Gasteiger partial charge in [-0.3, -0.25) is 4.99 Å². The molecule has 0 aliphatic rings. The van der Waals surface area contributed by atoms with Crippen molar-refractivity contribution in [3.8, 4) is 5.75 Å². The average molecular weight is 493 g/mol. The lowest BCUT2D eigenvalue weighted by atomic mass is 10.2. The molecule has 9 heteroatoms. The van der Waals surface area contributed by atoms with E-state index in [0.717, 1.165) is 24.5 Å². The van der Waals surface area contributed by atoms with Gasteiger partial charge in [-0.25, -0.2) is 13.8 Å². The van der Waals surface area contributed by atoms with E-state index in [2.05, 4.69) is 39.0 Å². The largest absolute Gasteiger partial charge is 0.489 e. The zero-order valence-corrected chi connectivity index (χ0v) is 18.0. The molecule has 0 spiro atoms. The van der Waals surface area contributed by atoms with Crippen molar-refractivity contribution in [1.82, 2.24) is 20.2 Å². The summed E-state index contributed by atoms with van der Waals surface area (Å²) in [4.78, 5) is 8.48. The normalized spacial score (nSPS) is 11.3. The van der Waals surface area contributed by atoms with Gasteiger partial charge in [0.2, 0.25) is 0 Å². The van der Waals surface area contributed by atoms with Crippen molar-refractivity contribution in [2.45, 2.75) is 26.9 Å². The lowest BCUT2D eigenvalue weighted by molar-refractivity contribution is 0.304. The molecule has 0 aliphatic carbocycles. The highest BCUT2D eigenvalue weighted by Crippen LogP contribution is 2.17. The maximum atomic E-state index is 13.5. The van der Waals surface area contributed by atoms with Crippen LogP contribution in [0.4, 0.5) is 8.78 Å². The van der Waals surface area contributed by atoms with Gasteiger partial charge >= 0.3 is 0 Å². The summed E-state index contributed by atoms with van der Waals surface area (Å²) in [7, 11) is 1.66. The lowest BCUT2D eigenvalue weighted by Crippen LogP contribution is -2.39. The zero-order valence-electron chi connectivity index (χ0n) is 15.7. The van der Waals surface area contributed by atoms with Crippen molar-refractivity contribution >= 4 is 29.9 Å². The van der Waals surface area contributed by atoms with Crippen molar-refractivity contribution in [3.63, 3.8) is 0 Å². The molecule has 0 unspecified atom stereocenters. The quantitative estimate of drug-likeness (QED) is 0.257. The number of rotatable bonds is 8. The molecule has 1 aromatic carbocycles. The van der Waals surface area contributed by atoms with E-state index >= 15 is 0 Å². The number of nitrogens with one attached hydrogen (secondary N) is 2. The maximum absolute atomic E-state index is 13.5. The van der Waals surface area contributed by atoms with Crippen molar-refractivity contribution in [2.24, 2.45) is 10.9 Å². The van der Waals surface area contributed by atoms with Gasteiger partial charge in [0, 0.05) is 32.1 Å². The summed E-state index contributed by atoms with van der Waals surface area (Å²) in [5, 5.41) is 6.25. The van der Waals surface area contributed by atoms with Gasteiger partial charge in [-0.05, 0) is 18.1 Å². The minimum atomic E-state index is -0.718. The molecule has 0 bridgehead atoms. The molecule has 1 heterocycles. The maximum Gasteiger partial charge on any atom is 0.191 e. The molecular formula is C18H26F2IN5O. The fraction of sp³-hybridized carbons (Fsp3) is 0.444. The second-order valence-electron chi connectivity index (χ2n) is 6.17. The Balaban J connectivity index is 0.00000364. The van der Waals surface area contributed by atoms with E-state index in [-0.39, 0.29) is 36.3 Å². The number of benzene rings is 1. The van der Waals surface area contributed by atoms with Gasteiger partial charge in [-0.1, -0.05) is 13.8 Å².